The first-order chi connectivity index (χ1) is 6.72. The maximum absolute atomic E-state index is 10.2. The van der Waals surface area contributed by atoms with E-state index >= 15 is 0 Å². The van der Waals surface area contributed by atoms with Gasteiger partial charge in [0.15, 0.2) is 0 Å². The monoisotopic (exact) mass is 191 g/mol. The number of carbonyl (C=O) groups is 1. The fourth-order valence-electron chi connectivity index (χ4n) is 0.893. The van der Waals surface area contributed by atoms with Crippen LogP contribution < -0.4 is 5.32 Å². The summed E-state index contributed by atoms with van der Waals surface area (Å²) in [7, 11) is 0. The van der Waals surface area contributed by atoms with Crippen molar-refractivity contribution in [2.24, 2.45) is 0 Å². The molecule has 0 bridgehead atoms. The minimum Gasteiger partial charge on any atom is -0.481 e. The first-order valence-corrected chi connectivity index (χ1v) is 4.05. The van der Waals surface area contributed by atoms with Crippen LogP contribution in [0.15, 0.2) is 18.2 Å². The van der Waals surface area contributed by atoms with Crippen LogP contribution in [0.25, 0.3) is 0 Å². The third kappa shape index (κ3) is 3.11. The van der Waals surface area contributed by atoms with E-state index in [1.165, 1.54) is 0 Å². The number of pyridine rings is 1. The van der Waals surface area contributed by atoms with Gasteiger partial charge in [-0.15, -0.1) is 0 Å². The zero-order valence-corrected chi connectivity index (χ0v) is 7.40. The van der Waals surface area contributed by atoms with Gasteiger partial charge in [0.1, 0.15) is 17.6 Å². The summed E-state index contributed by atoms with van der Waals surface area (Å²) in [4.78, 5) is 14.1. The Labute approximate surface area is 81.0 Å². The maximum atomic E-state index is 10.2. The van der Waals surface area contributed by atoms with Crippen LogP contribution in [0.1, 0.15) is 12.1 Å². The van der Waals surface area contributed by atoms with Gasteiger partial charge in [0.25, 0.3) is 0 Å². The number of aliphatic carboxylic acids is 1. The van der Waals surface area contributed by atoms with Gasteiger partial charge in [0, 0.05) is 6.54 Å². The van der Waals surface area contributed by atoms with E-state index in [-0.39, 0.29) is 6.42 Å². The van der Waals surface area contributed by atoms with Crippen LogP contribution in [-0.2, 0) is 4.79 Å². The third-order valence-corrected chi connectivity index (χ3v) is 1.51. The predicted octanol–water partition coefficient (Wildman–Crippen LogP) is 0.840. The van der Waals surface area contributed by atoms with Crippen LogP contribution in [0.3, 0.4) is 0 Å². The summed E-state index contributed by atoms with van der Waals surface area (Å²) in [5, 5.41) is 19.7. The van der Waals surface area contributed by atoms with E-state index in [4.69, 9.17) is 10.4 Å². The van der Waals surface area contributed by atoms with E-state index in [1.807, 2.05) is 6.07 Å². The number of aromatic nitrogens is 1. The molecule has 1 heterocycles. The normalized spacial score (nSPS) is 9.07. The Morgan fingerprint density at radius 3 is 3.07 bits per heavy atom. The Kier molecular flexibility index (Phi) is 3.44. The second kappa shape index (κ2) is 4.82. The molecular formula is C9H9N3O2. The molecule has 1 aromatic heterocycles. The van der Waals surface area contributed by atoms with E-state index in [2.05, 4.69) is 10.3 Å². The number of carboxylic acids is 1. The van der Waals surface area contributed by atoms with Crippen molar-refractivity contribution in [1.29, 1.82) is 5.26 Å². The zero-order valence-electron chi connectivity index (χ0n) is 7.40. The van der Waals surface area contributed by atoms with Crippen molar-refractivity contribution < 1.29 is 9.90 Å². The van der Waals surface area contributed by atoms with Crippen molar-refractivity contribution in [3.05, 3.63) is 23.9 Å². The van der Waals surface area contributed by atoms with Gasteiger partial charge in [-0.2, -0.15) is 5.26 Å². The van der Waals surface area contributed by atoms with Gasteiger partial charge < -0.3 is 10.4 Å². The van der Waals surface area contributed by atoms with Crippen molar-refractivity contribution in [3.63, 3.8) is 0 Å². The molecule has 0 unspecified atom stereocenters. The molecule has 0 aliphatic rings. The number of nitrogens with zero attached hydrogens (tertiary/aromatic N) is 2. The second-order valence-electron chi connectivity index (χ2n) is 2.59. The highest BCUT2D eigenvalue weighted by atomic mass is 16.4. The van der Waals surface area contributed by atoms with Crippen LogP contribution >= 0.6 is 0 Å². The molecule has 0 aromatic carbocycles. The average molecular weight is 191 g/mol. The summed E-state index contributed by atoms with van der Waals surface area (Å²) in [6, 6.07) is 6.86. The number of carboxylic acid groups (broad SMARTS) is 1. The summed E-state index contributed by atoms with van der Waals surface area (Å²) in [5.74, 6) is -0.348. The lowest BCUT2D eigenvalue weighted by Crippen LogP contribution is -2.08. The van der Waals surface area contributed by atoms with Gasteiger partial charge in [0.2, 0.25) is 0 Å². The summed E-state index contributed by atoms with van der Waals surface area (Å²) in [5.41, 5.74) is 0.310. The molecular weight excluding hydrogens is 182 g/mol. The minimum atomic E-state index is -0.867. The highest BCUT2D eigenvalue weighted by Gasteiger charge is 1.98. The van der Waals surface area contributed by atoms with Crippen molar-refractivity contribution in [2.75, 3.05) is 11.9 Å². The molecule has 0 atom stereocenters. The number of rotatable bonds is 4. The van der Waals surface area contributed by atoms with E-state index < -0.39 is 5.97 Å². The summed E-state index contributed by atoms with van der Waals surface area (Å²) in [6.07, 6.45) is 0.0263. The van der Waals surface area contributed by atoms with Gasteiger partial charge in [-0.1, -0.05) is 6.07 Å². The van der Waals surface area contributed by atoms with Gasteiger partial charge in [-0.25, -0.2) is 4.98 Å². The van der Waals surface area contributed by atoms with Crippen molar-refractivity contribution >= 4 is 11.8 Å². The molecule has 0 fully saturated rings. The van der Waals surface area contributed by atoms with Crippen LogP contribution in [0.5, 0.6) is 0 Å². The molecule has 0 saturated heterocycles. The molecule has 5 nitrogen and oxygen atoms in total. The lowest BCUT2D eigenvalue weighted by atomic mass is 10.3. The number of hydrogen-bond acceptors (Lipinski definition) is 4. The van der Waals surface area contributed by atoms with E-state index in [1.54, 1.807) is 18.2 Å². The molecule has 2 N–H and O–H groups in total. The van der Waals surface area contributed by atoms with Crippen molar-refractivity contribution in [2.45, 2.75) is 6.42 Å². The Morgan fingerprint density at radius 1 is 1.64 bits per heavy atom. The van der Waals surface area contributed by atoms with Crippen LogP contribution in [0.2, 0.25) is 0 Å². The number of hydrogen-bond donors (Lipinski definition) is 2. The Morgan fingerprint density at radius 2 is 2.43 bits per heavy atom. The lowest BCUT2D eigenvalue weighted by Gasteiger charge is -2.02. The fraction of sp³-hybridized carbons (Fsp3) is 0.222. The van der Waals surface area contributed by atoms with Crippen molar-refractivity contribution in [3.8, 4) is 6.07 Å². The Hall–Kier alpha value is -2.09. The molecule has 72 valence electrons. The van der Waals surface area contributed by atoms with Gasteiger partial charge in [-0.3, -0.25) is 4.79 Å². The summed E-state index contributed by atoms with van der Waals surface area (Å²) in [6.45, 7) is 0.303. The van der Waals surface area contributed by atoms with Crippen LogP contribution in [-0.4, -0.2) is 22.6 Å². The molecule has 0 radical (unpaired) electrons. The quantitative estimate of drug-likeness (QED) is 0.736. The predicted molar refractivity (Wildman–Crippen MR) is 49.7 cm³/mol. The zero-order chi connectivity index (χ0) is 10.4. The van der Waals surface area contributed by atoms with Crippen molar-refractivity contribution in [1.82, 2.24) is 4.98 Å². The second-order valence-corrected chi connectivity index (χ2v) is 2.59. The summed E-state index contributed by atoms with van der Waals surface area (Å²) >= 11 is 0. The number of nitrogens with one attached hydrogen (secondary N) is 1. The highest BCUT2D eigenvalue weighted by Crippen LogP contribution is 2.03. The largest absolute Gasteiger partial charge is 0.481 e. The standard InChI is InChI=1S/C9H9N3O2/c10-6-7-2-1-3-8(12-7)11-5-4-9(13)14/h1-3H,4-5H2,(H,11,12)(H,13,14). The number of nitriles is 1. The topological polar surface area (TPSA) is 86.0 Å². The molecule has 0 aliphatic heterocycles. The molecule has 1 aromatic rings. The van der Waals surface area contributed by atoms with E-state index in [0.29, 0.717) is 18.1 Å². The molecule has 0 spiro atoms. The molecule has 14 heavy (non-hydrogen) atoms. The first kappa shape index (κ1) is 9.99. The van der Waals surface area contributed by atoms with Gasteiger partial charge >= 0.3 is 5.97 Å². The van der Waals surface area contributed by atoms with Crippen LogP contribution in [0, 0.1) is 11.3 Å². The Bertz CT molecular complexity index is 371. The molecule has 0 saturated carbocycles. The molecule has 1 rings (SSSR count). The minimum absolute atomic E-state index is 0.0263. The SMILES string of the molecule is N#Cc1cccc(NCCC(=O)O)n1. The van der Waals surface area contributed by atoms with Gasteiger partial charge in [0.05, 0.1) is 6.42 Å². The maximum Gasteiger partial charge on any atom is 0.305 e. The molecule has 0 aliphatic carbocycles. The molecule has 5 heteroatoms. The first-order valence-electron chi connectivity index (χ1n) is 4.05. The van der Waals surface area contributed by atoms with E-state index in [0.717, 1.165) is 0 Å². The van der Waals surface area contributed by atoms with E-state index in [9.17, 15) is 4.79 Å². The smallest absolute Gasteiger partial charge is 0.305 e. The number of anilines is 1. The summed E-state index contributed by atoms with van der Waals surface area (Å²) < 4.78 is 0. The molecule has 0 amide bonds. The van der Waals surface area contributed by atoms with Crippen LogP contribution in [0.4, 0.5) is 5.82 Å². The third-order valence-electron chi connectivity index (χ3n) is 1.51. The van der Waals surface area contributed by atoms with Gasteiger partial charge in [-0.05, 0) is 12.1 Å². The highest BCUT2D eigenvalue weighted by molar-refractivity contribution is 5.67. The lowest BCUT2D eigenvalue weighted by molar-refractivity contribution is -0.136. The average Bonchev–Trinajstić information content (AvgIpc) is 2.18. The Balaban J connectivity index is 2.51. The fourth-order valence-corrected chi connectivity index (χ4v) is 0.893.